The average Bonchev–Trinajstić information content (AvgIpc) is 2.50. The largest absolute Gasteiger partial charge is 0.388 e. The molecule has 4 nitrogen and oxygen atoms in total. The van der Waals surface area contributed by atoms with Crippen LogP contribution in [0.15, 0.2) is 24.3 Å². The third-order valence-corrected chi connectivity index (χ3v) is 3.69. The van der Waals surface area contributed by atoms with E-state index in [1.807, 2.05) is 39.8 Å². The van der Waals surface area contributed by atoms with Crippen molar-refractivity contribution in [2.75, 3.05) is 6.54 Å². The number of hydrogen-bond donors (Lipinski definition) is 2. The molecule has 1 aromatic rings. The normalized spacial score (nSPS) is 11.7. The molecular formula is C17H27NO3. The molecule has 1 aromatic carbocycles. The average molecular weight is 293 g/mol. The van der Waals surface area contributed by atoms with Gasteiger partial charge < -0.3 is 15.2 Å². The van der Waals surface area contributed by atoms with Gasteiger partial charge in [-0.25, -0.2) is 0 Å². The van der Waals surface area contributed by atoms with Crippen molar-refractivity contribution in [3.05, 3.63) is 35.4 Å². The van der Waals surface area contributed by atoms with E-state index in [-0.39, 0.29) is 18.6 Å². The van der Waals surface area contributed by atoms with Crippen LogP contribution in [0, 0.1) is 0 Å². The molecule has 1 rings (SSSR count). The Hall–Kier alpha value is -1.39. The van der Waals surface area contributed by atoms with E-state index in [0.29, 0.717) is 25.0 Å². The van der Waals surface area contributed by atoms with Gasteiger partial charge in [0.2, 0.25) is 0 Å². The van der Waals surface area contributed by atoms with Crippen molar-refractivity contribution in [1.29, 1.82) is 0 Å². The zero-order valence-electron chi connectivity index (χ0n) is 13.5. The van der Waals surface area contributed by atoms with Crippen LogP contribution in [0.4, 0.5) is 0 Å². The highest BCUT2D eigenvalue weighted by Crippen LogP contribution is 2.13. The van der Waals surface area contributed by atoms with Crippen molar-refractivity contribution in [3.63, 3.8) is 0 Å². The van der Waals surface area contributed by atoms with Crippen molar-refractivity contribution in [3.8, 4) is 0 Å². The van der Waals surface area contributed by atoms with Crippen LogP contribution in [0.5, 0.6) is 0 Å². The van der Waals surface area contributed by atoms with Crippen LogP contribution < -0.4 is 5.32 Å². The number of amides is 1. The number of benzene rings is 1. The van der Waals surface area contributed by atoms with Crippen molar-refractivity contribution in [2.45, 2.75) is 58.8 Å². The Bertz CT molecular complexity index is 436. The molecule has 0 aromatic heterocycles. The molecule has 4 heteroatoms. The van der Waals surface area contributed by atoms with Gasteiger partial charge in [0.05, 0.1) is 18.3 Å². The number of rotatable bonds is 8. The molecule has 0 saturated heterocycles. The lowest BCUT2D eigenvalue weighted by molar-refractivity contribution is 0.0314. The summed E-state index contributed by atoms with van der Waals surface area (Å²) in [6.07, 6.45) is 1.43. The molecule has 0 spiro atoms. The molecule has 0 aliphatic carbocycles. The van der Waals surface area contributed by atoms with Crippen LogP contribution in [0.25, 0.3) is 0 Å². The van der Waals surface area contributed by atoms with Crippen LogP contribution in [0.2, 0.25) is 0 Å². The number of aliphatic hydroxyl groups is 1. The second kappa shape index (κ2) is 8.15. The molecule has 0 bridgehead atoms. The fourth-order valence-electron chi connectivity index (χ4n) is 1.86. The maximum Gasteiger partial charge on any atom is 0.251 e. The first-order valence-electron chi connectivity index (χ1n) is 7.61. The van der Waals surface area contributed by atoms with Gasteiger partial charge in [-0.15, -0.1) is 0 Å². The van der Waals surface area contributed by atoms with Gasteiger partial charge in [0, 0.05) is 12.1 Å². The Morgan fingerprint density at radius 3 is 2.29 bits per heavy atom. The first kappa shape index (κ1) is 17.7. The SMILES string of the molecule is CCC(O)(CC)CNC(=O)c1ccc(COC(C)C)cc1. The second-order valence-corrected chi connectivity index (χ2v) is 5.67. The van der Waals surface area contributed by atoms with Gasteiger partial charge in [-0.05, 0) is 44.4 Å². The Kier molecular flexibility index (Phi) is 6.85. The standard InChI is InChI=1S/C17H27NO3/c1-5-17(20,6-2)12-18-16(19)15-9-7-14(8-10-15)11-21-13(3)4/h7-10,13,20H,5-6,11-12H2,1-4H3,(H,18,19). The van der Waals surface area contributed by atoms with Crippen molar-refractivity contribution < 1.29 is 14.6 Å². The predicted molar refractivity (Wildman–Crippen MR) is 84.2 cm³/mol. The molecule has 0 aliphatic rings. The highest BCUT2D eigenvalue weighted by Gasteiger charge is 2.22. The lowest BCUT2D eigenvalue weighted by Crippen LogP contribution is -2.42. The third kappa shape index (κ3) is 5.86. The van der Waals surface area contributed by atoms with Gasteiger partial charge in [-0.1, -0.05) is 26.0 Å². The quantitative estimate of drug-likeness (QED) is 0.775. The summed E-state index contributed by atoms with van der Waals surface area (Å²) in [6, 6.07) is 7.35. The van der Waals surface area contributed by atoms with Gasteiger partial charge >= 0.3 is 0 Å². The highest BCUT2D eigenvalue weighted by atomic mass is 16.5. The minimum Gasteiger partial charge on any atom is -0.388 e. The number of hydrogen-bond acceptors (Lipinski definition) is 3. The molecule has 2 N–H and O–H groups in total. The predicted octanol–water partition coefficient (Wildman–Crippen LogP) is 2.89. The van der Waals surface area contributed by atoms with E-state index >= 15 is 0 Å². The van der Waals surface area contributed by atoms with E-state index in [0.717, 1.165) is 5.56 Å². The van der Waals surface area contributed by atoms with Gasteiger partial charge in [0.25, 0.3) is 5.91 Å². The van der Waals surface area contributed by atoms with Gasteiger partial charge in [-0.2, -0.15) is 0 Å². The summed E-state index contributed by atoms with van der Waals surface area (Å²) < 4.78 is 5.52. The minimum atomic E-state index is -0.819. The molecule has 118 valence electrons. The highest BCUT2D eigenvalue weighted by molar-refractivity contribution is 5.94. The first-order chi connectivity index (χ1) is 9.90. The molecular weight excluding hydrogens is 266 g/mol. The maximum atomic E-state index is 12.0. The first-order valence-corrected chi connectivity index (χ1v) is 7.61. The van der Waals surface area contributed by atoms with Crippen LogP contribution in [0.1, 0.15) is 56.5 Å². The van der Waals surface area contributed by atoms with E-state index in [9.17, 15) is 9.90 Å². The Morgan fingerprint density at radius 1 is 1.24 bits per heavy atom. The zero-order chi connectivity index (χ0) is 15.9. The number of ether oxygens (including phenoxy) is 1. The Labute approximate surface area is 127 Å². The molecule has 0 saturated carbocycles. The summed E-state index contributed by atoms with van der Waals surface area (Å²) in [7, 11) is 0. The van der Waals surface area contributed by atoms with E-state index in [1.54, 1.807) is 12.1 Å². The fourth-order valence-corrected chi connectivity index (χ4v) is 1.86. The fraction of sp³-hybridized carbons (Fsp3) is 0.588. The summed E-state index contributed by atoms with van der Waals surface area (Å²) in [4.78, 5) is 12.0. The third-order valence-electron chi connectivity index (χ3n) is 3.69. The molecule has 0 aliphatic heterocycles. The molecule has 21 heavy (non-hydrogen) atoms. The van der Waals surface area contributed by atoms with Gasteiger partial charge in [-0.3, -0.25) is 4.79 Å². The number of nitrogens with one attached hydrogen (secondary N) is 1. The summed E-state index contributed by atoms with van der Waals surface area (Å²) >= 11 is 0. The molecule has 0 fully saturated rings. The lowest BCUT2D eigenvalue weighted by atomic mass is 9.97. The van der Waals surface area contributed by atoms with E-state index in [1.165, 1.54) is 0 Å². The topological polar surface area (TPSA) is 58.6 Å². The Balaban J connectivity index is 2.55. The van der Waals surface area contributed by atoms with Gasteiger partial charge in [0.15, 0.2) is 0 Å². The zero-order valence-corrected chi connectivity index (χ0v) is 13.5. The van der Waals surface area contributed by atoms with E-state index in [2.05, 4.69) is 5.32 Å². The smallest absolute Gasteiger partial charge is 0.251 e. The summed E-state index contributed by atoms with van der Waals surface area (Å²) in [5, 5.41) is 13.0. The van der Waals surface area contributed by atoms with E-state index < -0.39 is 5.60 Å². The second-order valence-electron chi connectivity index (χ2n) is 5.67. The molecule has 0 radical (unpaired) electrons. The van der Waals surface area contributed by atoms with Crippen LogP contribution in [-0.4, -0.2) is 29.3 Å². The van der Waals surface area contributed by atoms with Crippen molar-refractivity contribution in [1.82, 2.24) is 5.32 Å². The molecule has 0 heterocycles. The van der Waals surface area contributed by atoms with Gasteiger partial charge in [0.1, 0.15) is 0 Å². The monoisotopic (exact) mass is 293 g/mol. The molecule has 0 unspecified atom stereocenters. The summed E-state index contributed by atoms with van der Waals surface area (Å²) in [5.74, 6) is -0.161. The molecule has 0 atom stereocenters. The molecule has 1 amide bonds. The van der Waals surface area contributed by atoms with Crippen LogP contribution in [-0.2, 0) is 11.3 Å². The van der Waals surface area contributed by atoms with Crippen LogP contribution >= 0.6 is 0 Å². The number of carbonyl (C=O) groups is 1. The van der Waals surface area contributed by atoms with Crippen molar-refractivity contribution in [2.24, 2.45) is 0 Å². The summed E-state index contributed by atoms with van der Waals surface area (Å²) in [6.45, 7) is 8.63. The van der Waals surface area contributed by atoms with Crippen LogP contribution in [0.3, 0.4) is 0 Å². The van der Waals surface area contributed by atoms with E-state index in [4.69, 9.17) is 4.74 Å². The maximum absolute atomic E-state index is 12.0. The Morgan fingerprint density at radius 2 is 1.81 bits per heavy atom. The lowest BCUT2D eigenvalue weighted by Gasteiger charge is -2.25. The number of carbonyl (C=O) groups excluding carboxylic acids is 1. The summed E-state index contributed by atoms with van der Waals surface area (Å²) in [5.41, 5.74) is 0.817. The van der Waals surface area contributed by atoms with Crippen molar-refractivity contribution >= 4 is 5.91 Å². The minimum absolute atomic E-state index is 0.161.